The van der Waals surface area contributed by atoms with Gasteiger partial charge in [-0.2, -0.15) is 5.10 Å². The molecule has 2 N–H and O–H groups in total. The third kappa shape index (κ3) is 5.12. The number of carbonyl (C=O) groups is 1. The molecule has 0 aliphatic carbocycles. The average Bonchev–Trinajstić information content (AvgIpc) is 2.26. The van der Waals surface area contributed by atoms with Crippen LogP contribution >= 0.6 is 15.9 Å². The van der Waals surface area contributed by atoms with Crippen LogP contribution in [0.4, 0.5) is 0 Å². The molecule has 6 heteroatoms. The third-order valence-corrected chi connectivity index (χ3v) is 2.82. The van der Waals surface area contributed by atoms with Gasteiger partial charge in [0.25, 0.3) is 11.5 Å². The van der Waals surface area contributed by atoms with Gasteiger partial charge >= 0.3 is 0 Å². The number of hydrogen-bond donors (Lipinski definition) is 2. The van der Waals surface area contributed by atoms with Crippen molar-refractivity contribution in [2.75, 3.05) is 6.54 Å². The molecule has 0 aromatic carbocycles. The first-order valence-electron chi connectivity index (χ1n) is 5.47. The maximum absolute atomic E-state index is 11.6. The van der Waals surface area contributed by atoms with E-state index >= 15 is 0 Å². The van der Waals surface area contributed by atoms with Crippen LogP contribution < -0.4 is 10.9 Å². The first-order chi connectivity index (χ1) is 7.99. The normalized spacial score (nSPS) is 12.5. The van der Waals surface area contributed by atoms with Gasteiger partial charge in [0.05, 0.1) is 0 Å². The number of hydrogen-bond acceptors (Lipinski definition) is 3. The quantitative estimate of drug-likeness (QED) is 0.805. The Bertz CT molecular complexity index is 410. The van der Waals surface area contributed by atoms with E-state index < -0.39 is 0 Å². The van der Waals surface area contributed by atoms with E-state index in [2.05, 4.69) is 45.3 Å². The number of halogens is 1. The van der Waals surface area contributed by atoms with E-state index in [4.69, 9.17) is 0 Å². The second-order valence-electron chi connectivity index (χ2n) is 4.24. The van der Waals surface area contributed by atoms with Crippen molar-refractivity contribution in [3.63, 3.8) is 0 Å². The van der Waals surface area contributed by atoms with Gasteiger partial charge in [-0.15, -0.1) is 0 Å². The van der Waals surface area contributed by atoms with E-state index in [1.165, 1.54) is 12.1 Å². The largest absolute Gasteiger partial charge is 0.350 e. The lowest BCUT2D eigenvalue weighted by Gasteiger charge is -2.12. The van der Waals surface area contributed by atoms with E-state index in [0.29, 0.717) is 12.5 Å². The summed E-state index contributed by atoms with van der Waals surface area (Å²) in [5.74, 6) is 0.289. The number of aromatic nitrogens is 2. The highest BCUT2D eigenvalue weighted by Crippen LogP contribution is 2.11. The molecule has 0 spiro atoms. The van der Waals surface area contributed by atoms with Crippen molar-refractivity contribution in [1.82, 2.24) is 15.5 Å². The Balaban J connectivity index is 2.44. The Hall–Kier alpha value is -1.17. The molecule has 0 aliphatic rings. The first-order valence-corrected chi connectivity index (χ1v) is 6.38. The maximum Gasteiger partial charge on any atom is 0.271 e. The summed E-state index contributed by atoms with van der Waals surface area (Å²) in [6.45, 7) is 4.79. The molecule has 0 radical (unpaired) electrons. The van der Waals surface area contributed by atoms with E-state index in [1.54, 1.807) is 0 Å². The summed E-state index contributed by atoms with van der Waals surface area (Å²) in [6, 6.07) is 2.68. The molecule has 1 amide bonds. The number of rotatable bonds is 5. The van der Waals surface area contributed by atoms with Crippen LogP contribution in [0.5, 0.6) is 0 Å². The van der Waals surface area contributed by atoms with E-state index in [-0.39, 0.29) is 22.0 Å². The Morgan fingerprint density at radius 3 is 2.76 bits per heavy atom. The van der Waals surface area contributed by atoms with Crippen molar-refractivity contribution in [2.45, 2.75) is 25.1 Å². The van der Waals surface area contributed by atoms with Crippen LogP contribution in [0, 0.1) is 5.92 Å². The molecule has 17 heavy (non-hydrogen) atoms. The highest BCUT2D eigenvalue weighted by molar-refractivity contribution is 9.09. The standard InChI is InChI=1S/C11H16BrN3O2/c1-7(2)5-8(12)6-13-11(17)9-3-4-10(16)15-14-9/h3-4,7-8H,5-6H2,1-2H3,(H,13,17)(H,15,16). The molecule has 0 aliphatic heterocycles. The zero-order chi connectivity index (χ0) is 12.8. The zero-order valence-corrected chi connectivity index (χ0v) is 11.5. The summed E-state index contributed by atoms with van der Waals surface area (Å²) < 4.78 is 0. The number of H-pyrrole nitrogens is 1. The van der Waals surface area contributed by atoms with E-state index in [9.17, 15) is 9.59 Å². The van der Waals surface area contributed by atoms with Crippen LogP contribution in [-0.4, -0.2) is 27.5 Å². The van der Waals surface area contributed by atoms with Crippen LogP contribution in [0.2, 0.25) is 0 Å². The number of aromatic amines is 1. The summed E-state index contributed by atoms with van der Waals surface area (Å²) in [7, 11) is 0. The van der Waals surface area contributed by atoms with Gasteiger partial charge in [0.1, 0.15) is 5.69 Å². The summed E-state index contributed by atoms with van der Waals surface area (Å²) in [5.41, 5.74) is -0.103. The van der Waals surface area contributed by atoms with Crippen molar-refractivity contribution in [2.24, 2.45) is 5.92 Å². The van der Waals surface area contributed by atoms with Crippen molar-refractivity contribution < 1.29 is 4.79 Å². The summed E-state index contributed by atoms with van der Waals surface area (Å²) in [5, 5.41) is 8.63. The van der Waals surface area contributed by atoms with Gasteiger partial charge in [-0.3, -0.25) is 9.59 Å². The van der Waals surface area contributed by atoms with Gasteiger partial charge in [0, 0.05) is 17.4 Å². The third-order valence-electron chi connectivity index (χ3n) is 2.12. The summed E-state index contributed by atoms with van der Waals surface area (Å²) in [6.07, 6.45) is 0.985. The highest BCUT2D eigenvalue weighted by atomic mass is 79.9. The fourth-order valence-electron chi connectivity index (χ4n) is 1.36. The fourth-order valence-corrected chi connectivity index (χ4v) is 2.27. The molecule has 0 bridgehead atoms. The smallest absolute Gasteiger partial charge is 0.271 e. The Labute approximate surface area is 108 Å². The second-order valence-corrected chi connectivity index (χ2v) is 5.54. The van der Waals surface area contributed by atoms with Crippen LogP contribution in [0.15, 0.2) is 16.9 Å². The highest BCUT2D eigenvalue weighted by Gasteiger charge is 2.11. The van der Waals surface area contributed by atoms with Crippen LogP contribution in [0.3, 0.4) is 0 Å². The number of carbonyl (C=O) groups excluding carboxylic acids is 1. The molecule has 0 fully saturated rings. The van der Waals surface area contributed by atoms with Gasteiger partial charge in [-0.1, -0.05) is 29.8 Å². The molecular weight excluding hydrogens is 286 g/mol. The van der Waals surface area contributed by atoms with Crippen LogP contribution in [0.1, 0.15) is 30.8 Å². The zero-order valence-electron chi connectivity index (χ0n) is 9.87. The van der Waals surface area contributed by atoms with Crippen LogP contribution in [-0.2, 0) is 0 Å². The molecule has 5 nitrogen and oxygen atoms in total. The minimum atomic E-state index is -0.320. The molecule has 0 saturated carbocycles. The SMILES string of the molecule is CC(C)CC(Br)CNC(=O)c1ccc(=O)[nH]n1. The van der Waals surface area contributed by atoms with Gasteiger partial charge in [-0.05, 0) is 18.4 Å². The fraction of sp³-hybridized carbons (Fsp3) is 0.545. The molecule has 94 valence electrons. The molecule has 1 aromatic heterocycles. The van der Waals surface area contributed by atoms with Gasteiger partial charge in [-0.25, -0.2) is 5.10 Å². The van der Waals surface area contributed by atoms with Crippen molar-refractivity contribution in [1.29, 1.82) is 0 Å². The Morgan fingerprint density at radius 2 is 2.24 bits per heavy atom. The van der Waals surface area contributed by atoms with Crippen LogP contribution in [0.25, 0.3) is 0 Å². The lowest BCUT2D eigenvalue weighted by Crippen LogP contribution is -2.31. The Kier molecular flexibility index (Phi) is 5.34. The molecular formula is C11H16BrN3O2. The molecule has 1 heterocycles. The first kappa shape index (κ1) is 13.9. The Morgan fingerprint density at radius 1 is 1.53 bits per heavy atom. The van der Waals surface area contributed by atoms with Gasteiger partial charge in [0.15, 0.2) is 0 Å². The topological polar surface area (TPSA) is 74.8 Å². The average molecular weight is 302 g/mol. The number of amides is 1. The monoisotopic (exact) mass is 301 g/mol. The lowest BCUT2D eigenvalue weighted by atomic mass is 10.1. The lowest BCUT2D eigenvalue weighted by molar-refractivity contribution is 0.0947. The molecule has 1 rings (SSSR count). The molecule has 1 unspecified atom stereocenters. The predicted molar refractivity (Wildman–Crippen MR) is 69.4 cm³/mol. The molecule has 1 aromatic rings. The second kappa shape index (κ2) is 6.54. The van der Waals surface area contributed by atoms with Crippen molar-refractivity contribution in [3.8, 4) is 0 Å². The predicted octanol–water partition coefficient (Wildman–Crippen LogP) is 1.31. The molecule has 0 saturated heterocycles. The minimum Gasteiger partial charge on any atom is -0.350 e. The number of nitrogens with zero attached hydrogens (tertiary/aromatic N) is 1. The molecule has 1 atom stereocenters. The van der Waals surface area contributed by atoms with Crippen molar-refractivity contribution >= 4 is 21.8 Å². The van der Waals surface area contributed by atoms with E-state index in [0.717, 1.165) is 6.42 Å². The van der Waals surface area contributed by atoms with Gasteiger partial charge in [0.2, 0.25) is 0 Å². The minimum absolute atomic E-state index is 0.217. The van der Waals surface area contributed by atoms with Crippen molar-refractivity contribution in [3.05, 3.63) is 28.2 Å². The number of nitrogens with one attached hydrogen (secondary N) is 2. The summed E-state index contributed by atoms with van der Waals surface area (Å²) in [4.78, 5) is 22.6. The maximum atomic E-state index is 11.6. The van der Waals surface area contributed by atoms with Gasteiger partial charge < -0.3 is 5.32 Å². The van der Waals surface area contributed by atoms with E-state index in [1.807, 2.05) is 0 Å². The summed E-state index contributed by atoms with van der Waals surface area (Å²) >= 11 is 3.50. The number of alkyl halides is 1.